The van der Waals surface area contributed by atoms with Gasteiger partial charge in [-0.1, -0.05) is 18.2 Å². The second-order valence-corrected chi connectivity index (χ2v) is 6.72. The summed E-state index contributed by atoms with van der Waals surface area (Å²) in [7, 11) is 1.47. The third kappa shape index (κ3) is 4.86. The van der Waals surface area contributed by atoms with Crippen molar-refractivity contribution in [3.8, 4) is 23.0 Å². The van der Waals surface area contributed by atoms with Gasteiger partial charge in [0, 0.05) is 5.56 Å². The number of ether oxygens (including phenoxy) is 4. The van der Waals surface area contributed by atoms with E-state index in [1.165, 1.54) is 13.3 Å². The van der Waals surface area contributed by atoms with E-state index < -0.39 is 11.9 Å². The van der Waals surface area contributed by atoms with Gasteiger partial charge in [-0.2, -0.15) is 5.10 Å². The molecule has 0 saturated carbocycles. The van der Waals surface area contributed by atoms with Crippen molar-refractivity contribution in [1.82, 2.24) is 5.43 Å². The van der Waals surface area contributed by atoms with Crippen LogP contribution in [0.4, 0.5) is 0 Å². The number of nitrogens with zero attached hydrogens (tertiary/aromatic N) is 1. The van der Waals surface area contributed by atoms with Crippen LogP contribution in [0.25, 0.3) is 0 Å². The van der Waals surface area contributed by atoms with Crippen LogP contribution >= 0.6 is 0 Å². The van der Waals surface area contributed by atoms with Crippen LogP contribution < -0.4 is 24.4 Å². The molecule has 0 fully saturated rings. The molecule has 162 valence electrons. The fourth-order valence-electron chi connectivity index (χ4n) is 3.00. The minimum Gasteiger partial charge on any atom is -0.493 e. The molecule has 1 aliphatic heterocycles. The van der Waals surface area contributed by atoms with E-state index in [2.05, 4.69) is 10.5 Å². The lowest BCUT2D eigenvalue weighted by atomic mass is 10.2. The molecule has 0 saturated heterocycles. The highest BCUT2D eigenvalue weighted by Gasteiger charge is 2.15. The van der Waals surface area contributed by atoms with E-state index in [1.807, 2.05) is 6.07 Å². The predicted molar refractivity (Wildman–Crippen MR) is 117 cm³/mol. The van der Waals surface area contributed by atoms with Crippen molar-refractivity contribution in [2.75, 3.05) is 20.3 Å². The summed E-state index contributed by atoms with van der Waals surface area (Å²) < 4.78 is 21.7. The number of nitrogens with one attached hydrogen (secondary N) is 1. The molecule has 0 atom stereocenters. The monoisotopic (exact) mass is 432 g/mol. The van der Waals surface area contributed by atoms with Gasteiger partial charge in [0.2, 0.25) is 0 Å². The van der Waals surface area contributed by atoms with E-state index in [-0.39, 0.29) is 5.75 Å². The van der Waals surface area contributed by atoms with Gasteiger partial charge in [-0.3, -0.25) is 4.79 Å². The molecule has 8 heteroatoms. The largest absolute Gasteiger partial charge is 0.493 e. The number of benzene rings is 3. The van der Waals surface area contributed by atoms with Gasteiger partial charge in [0.05, 0.1) is 18.9 Å². The van der Waals surface area contributed by atoms with Gasteiger partial charge >= 0.3 is 5.97 Å². The number of esters is 1. The van der Waals surface area contributed by atoms with Crippen molar-refractivity contribution in [2.24, 2.45) is 5.10 Å². The molecule has 1 amide bonds. The van der Waals surface area contributed by atoms with E-state index in [9.17, 15) is 9.59 Å². The summed E-state index contributed by atoms with van der Waals surface area (Å²) in [6, 6.07) is 18.5. The first-order valence-electron chi connectivity index (χ1n) is 9.82. The second-order valence-electron chi connectivity index (χ2n) is 6.72. The zero-order valence-corrected chi connectivity index (χ0v) is 17.2. The lowest BCUT2D eigenvalue weighted by Gasteiger charge is -2.18. The van der Waals surface area contributed by atoms with Crippen LogP contribution in [0.2, 0.25) is 0 Å². The number of rotatable bonds is 6. The number of hydrazone groups is 1. The van der Waals surface area contributed by atoms with Gasteiger partial charge in [0.25, 0.3) is 5.91 Å². The molecule has 1 heterocycles. The first kappa shape index (κ1) is 20.9. The highest BCUT2D eigenvalue weighted by Crippen LogP contribution is 2.31. The standard InChI is InChI=1S/C24H20N2O6/c1-29-21-13-16(7-9-20(21)32-24(28)17-5-3-2-4-6-17)15-25-26-23(27)18-8-10-19-22(14-18)31-12-11-30-19/h2-10,13-15H,11-12H2,1H3,(H,26,27)/b25-15+. The summed E-state index contributed by atoms with van der Waals surface area (Å²) >= 11 is 0. The summed E-state index contributed by atoms with van der Waals surface area (Å²) in [4.78, 5) is 24.6. The Morgan fingerprint density at radius 1 is 0.906 bits per heavy atom. The molecule has 0 spiro atoms. The number of amides is 1. The number of hydrogen-bond donors (Lipinski definition) is 1. The summed E-state index contributed by atoms with van der Waals surface area (Å²) in [5.74, 6) is 0.889. The molecule has 4 rings (SSSR count). The zero-order valence-electron chi connectivity index (χ0n) is 17.2. The average molecular weight is 432 g/mol. The Bertz CT molecular complexity index is 1160. The fourth-order valence-corrected chi connectivity index (χ4v) is 3.00. The lowest BCUT2D eigenvalue weighted by Crippen LogP contribution is -2.19. The Balaban J connectivity index is 1.40. The van der Waals surface area contributed by atoms with Crippen LogP contribution in [0.15, 0.2) is 71.8 Å². The molecule has 32 heavy (non-hydrogen) atoms. The van der Waals surface area contributed by atoms with Gasteiger partial charge in [-0.15, -0.1) is 0 Å². The molecular weight excluding hydrogens is 412 g/mol. The highest BCUT2D eigenvalue weighted by atomic mass is 16.6. The van der Waals surface area contributed by atoms with Crippen molar-refractivity contribution in [1.29, 1.82) is 0 Å². The molecule has 8 nitrogen and oxygen atoms in total. The predicted octanol–water partition coefficient (Wildman–Crippen LogP) is 3.45. The normalized spacial score (nSPS) is 12.3. The Morgan fingerprint density at radius 3 is 2.47 bits per heavy atom. The lowest BCUT2D eigenvalue weighted by molar-refractivity contribution is 0.0729. The van der Waals surface area contributed by atoms with Gasteiger partial charge in [-0.25, -0.2) is 10.2 Å². The number of carbonyl (C=O) groups is 2. The maximum Gasteiger partial charge on any atom is 0.343 e. The van der Waals surface area contributed by atoms with Gasteiger partial charge in [-0.05, 0) is 54.1 Å². The van der Waals surface area contributed by atoms with Crippen molar-refractivity contribution in [3.63, 3.8) is 0 Å². The minimum absolute atomic E-state index is 0.277. The Hall–Kier alpha value is -4.33. The van der Waals surface area contributed by atoms with Crippen molar-refractivity contribution in [2.45, 2.75) is 0 Å². The highest BCUT2D eigenvalue weighted by molar-refractivity contribution is 5.95. The van der Waals surface area contributed by atoms with Crippen LogP contribution in [-0.4, -0.2) is 38.4 Å². The molecule has 0 unspecified atom stereocenters. The maximum atomic E-state index is 12.4. The Labute approximate surface area is 184 Å². The molecule has 1 aliphatic rings. The zero-order chi connectivity index (χ0) is 22.3. The number of fused-ring (bicyclic) bond motifs is 1. The molecule has 1 N–H and O–H groups in total. The van der Waals surface area contributed by atoms with E-state index in [4.69, 9.17) is 18.9 Å². The van der Waals surface area contributed by atoms with Gasteiger partial charge in [0.15, 0.2) is 23.0 Å². The van der Waals surface area contributed by atoms with Crippen molar-refractivity contribution in [3.05, 3.63) is 83.4 Å². The molecular formula is C24H20N2O6. The molecule has 3 aromatic rings. The summed E-state index contributed by atoms with van der Waals surface area (Å²) in [5.41, 5.74) is 3.94. The third-order valence-corrected chi connectivity index (χ3v) is 4.58. The van der Waals surface area contributed by atoms with Crippen molar-refractivity contribution < 1.29 is 28.5 Å². The second kappa shape index (κ2) is 9.65. The topological polar surface area (TPSA) is 95.5 Å². The summed E-state index contributed by atoms with van der Waals surface area (Å²) in [6.45, 7) is 0.922. The smallest absolute Gasteiger partial charge is 0.343 e. The van der Waals surface area contributed by atoms with E-state index in [0.29, 0.717) is 47.2 Å². The molecule has 3 aromatic carbocycles. The van der Waals surface area contributed by atoms with Crippen LogP contribution in [0.1, 0.15) is 26.3 Å². The van der Waals surface area contributed by atoms with Crippen LogP contribution in [0, 0.1) is 0 Å². The van der Waals surface area contributed by atoms with E-state index in [0.717, 1.165) is 0 Å². The quantitative estimate of drug-likeness (QED) is 0.277. The van der Waals surface area contributed by atoms with Crippen LogP contribution in [0.3, 0.4) is 0 Å². The van der Waals surface area contributed by atoms with E-state index >= 15 is 0 Å². The Kier molecular flexibility index (Phi) is 6.31. The van der Waals surface area contributed by atoms with Gasteiger partial charge < -0.3 is 18.9 Å². The average Bonchev–Trinajstić information content (AvgIpc) is 2.85. The Morgan fingerprint density at radius 2 is 1.69 bits per heavy atom. The molecule has 0 radical (unpaired) electrons. The number of carbonyl (C=O) groups excluding carboxylic acids is 2. The molecule has 0 aliphatic carbocycles. The maximum absolute atomic E-state index is 12.4. The first-order chi connectivity index (χ1) is 15.6. The first-order valence-corrected chi connectivity index (χ1v) is 9.82. The SMILES string of the molecule is COc1cc(/C=N/NC(=O)c2ccc3c(c2)OCCO3)ccc1OC(=O)c1ccccc1. The minimum atomic E-state index is -0.489. The van der Waals surface area contributed by atoms with Crippen LogP contribution in [-0.2, 0) is 0 Å². The molecule has 0 bridgehead atoms. The molecule has 0 aromatic heterocycles. The number of hydrogen-bond acceptors (Lipinski definition) is 7. The summed E-state index contributed by atoms with van der Waals surface area (Å²) in [5, 5.41) is 3.98. The fraction of sp³-hybridized carbons (Fsp3) is 0.125. The van der Waals surface area contributed by atoms with Gasteiger partial charge in [0.1, 0.15) is 13.2 Å². The number of methoxy groups -OCH3 is 1. The van der Waals surface area contributed by atoms with E-state index in [1.54, 1.807) is 60.7 Å². The van der Waals surface area contributed by atoms with Crippen molar-refractivity contribution >= 4 is 18.1 Å². The third-order valence-electron chi connectivity index (χ3n) is 4.58. The summed E-state index contributed by atoms with van der Waals surface area (Å²) in [6.07, 6.45) is 1.46. The van der Waals surface area contributed by atoms with Crippen LogP contribution in [0.5, 0.6) is 23.0 Å².